The van der Waals surface area contributed by atoms with Gasteiger partial charge in [-0.15, -0.1) is 0 Å². The molecule has 1 aliphatic rings. The van der Waals surface area contributed by atoms with Crippen molar-refractivity contribution in [3.8, 4) is 0 Å². The van der Waals surface area contributed by atoms with E-state index in [2.05, 4.69) is 25.7 Å². The van der Waals surface area contributed by atoms with Crippen molar-refractivity contribution in [2.75, 3.05) is 32.9 Å². The van der Waals surface area contributed by atoms with Crippen LogP contribution >= 0.6 is 0 Å². The number of ether oxygens (including phenoxy) is 1. The van der Waals surface area contributed by atoms with Crippen molar-refractivity contribution in [1.82, 2.24) is 4.90 Å². The molecule has 0 spiro atoms. The molecular weight excluding hydrogens is 166 g/mol. The lowest BCUT2D eigenvalue weighted by atomic mass is 9.93. The van der Waals surface area contributed by atoms with E-state index in [0.29, 0.717) is 6.04 Å². The third-order valence-electron chi connectivity index (χ3n) is 2.56. The summed E-state index contributed by atoms with van der Waals surface area (Å²) < 4.78 is 5.36. The maximum atomic E-state index is 9.15. The first kappa shape index (κ1) is 11.0. The third kappa shape index (κ3) is 3.25. The Kier molecular flexibility index (Phi) is 3.71. The van der Waals surface area contributed by atoms with Gasteiger partial charge in [0.1, 0.15) is 0 Å². The van der Waals surface area contributed by atoms with Gasteiger partial charge < -0.3 is 9.84 Å². The highest BCUT2D eigenvalue weighted by molar-refractivity contribution is 4.78. The zero-order valence-electron chi connectivity index (χ0n) is 8.92. The molecule has 0 bridgehead atoms. The van der Waals surface area contributed by atoms with Gasteiger partial charge in [0, 0.05) is 31.2 Å². The minimum Gasteiger partial charge on any atom is -0.396 e. The summed E-state index contributed by atoms with van der Waals surface area (Å²) in [6.07, 6.45) is 0. The number of rotatable bonds is 3. The molecule has 0 radical (unpaired) electrons. The van der Waals surface area contributed by atoms with Crippen molar-refractivity contribution < 1.29 is 9.84 Å². The molecule has 1 fully saturated rings. The molecule has 1 unspecified atom stereocenters. The smallest absolute Gasteiger partial charge is 0.0619 e. The summed E-state index contributed by atoms with van der Waals surface area (Å²) in [4.78, 5) is 2.39. The fourth-order valence-corrected chi connectivity index (χ4v) is 1.60. The lowest BCUT2D eigenvalue weighted by molar-refractivity contribution is -0.0234. The topological polar surface area (TPSA) is 32.7 Å². The van der Waals surface area contributed by atoms with Crippen LogP contribution in [0.5, 0.6) is 0 Å². The summed E-state index contributed by atoms with van der Waals surface area (Å²) in [7, 11) is 0. The number of morpholine rings is 1. The van der Waals surface area contributed by atoms with Crippen molar-refractivity contribution in [3.63, 3.8) is 0 Å². The van der Waals surface area contributed by atoms with Crippen LogP contribution in [0.3, 0.4) is 0 Å². The van der Waals surface area contributed by atoms with E-state index in [4.69, 9.17) is 9.84 Å². The van der Waals surface area contributed by atoms with Gasteiger partial charge in [-0.1, -0.05) is 13.8 Å². The fraction of sp³-hybridized carbons (Fsp3) is 1.00. The summed E-state index contributed by atoms with van der Waals surface area (Å²) in [5, 5.41) is 9.15. The predicted molar refractivity (Wildman–Crippen MR) is 52.7 cm³/mol. The van der Waals surface area contributed by atoms with Crippen LogP contribution in [0.4, 0.5) is 0 Å². The van der Waals surface area contributed by atoms with Gasteiger partial charge in [-0.3, -0.25) is 4.90 Å². The van der Waals surface area contributed by atoms with Crippen LogP contribution in [0.1, 0.15) is 20.8 Å². The number of aliphatic hydroxyl groups is 1. The predicted octanol–water partition coefficient (Wildman–Crippen LogP) is 0.726. The molecule has 0 saturated carbocycles. The lowest BCUT2D eigenvalue weighted by Crippen LogP contribution is -2.48. The molecule has 3 nitrogen and oxygen atoms in total. The van der Waals surface area contributed by atoms with E-state index in [1.807, 2.05) is 0 Å². The van der Waals surface area contributed by atoms with Gasteiger partial charge in [0.15, 0.2) is 0 Å². The quantitative estimate of drug-likeness (QED) is 0.707. The van der Waals surface area contributed by atoms with Crippen molar-refractivity contribution >= 4 is 0 Å². The zero-order chi connectivity index (χ0) is 9.90. The summed E-state index contributed by atoms with van der Waals surface area (Å²) >= 11 is 0. The van der Waals surface area contributed by atoms with E-state index in [0.717, 1.165) is 26.3 Å². The summed E-state index contributed by atoms with van der Waals surface area (Å²) in [5.74, 6) is 0. The normalized spacial score (nSPS) is 26.3. The average molecular weight is 187 g/mol. The van der Waals surface area contributed by atoms with Crippen molar-refractivity contribution in [2.45, 2.75) is 26.8 Å². The SMILES string of the molecule is CC1COCCN1CC(C)(C)CO. The van der Waals surface area contributed by atoms with Crippen LogP contribution in [0.2, 0.25) is 0 Å². The first-order valence-corrected chi connectivity index (χ1v) is 4.98. The highest BCUT2D eigenvalue weighted by Gasteiger charge is 2.26. The van der Waals surface area contributed by atoms with Gasteiger partial charge in [-0.2, -0.15) is 0 Å². The molecule has 0 aromatic rings. The van der Waals surface area contributed by atoms with Crippen LogP contribution in [-0.2, 0) is 4.74 Å². The Hall–Kier alpha value is -0.120. The molecule has 0 amide bonds. The lowest BCUT2D eigenvalue weighted by Gasteiger charge is -2.38. The Morgan fingerprint density at radius 3 is 2.77 bits per heavy atom. The monoisotopic (exact) mass is 187 g/mol. The molecule has 1 heterocycles. The first-order valence-electron chi connectivity index (χ1n) is 4.98. The maximum absolute atomic E-state index is 9.15. The number of hydrogen-bond donors (Lipinski definition) is 1. The zero-order valence-corrected chi connectivity index (χ0v) is 8.92. The molecule has 1 saturated heterocycles. The van der Waals surface area contributed by atoms with E-state index in [1.54, 1.807) is 0 Å². The average Bonchev–Trinajstić information content (AvgIpc) is 2.09. The molecule has 1 aliphatic heterocycles. The highest BCUT2D eigenvalue weighted by atomic mass is 16.5. The molecule has 0 aromatic carbocycles. The van der Waals surface area contributed by atoms with Gasteiger partial charge in [0.05, 0.1) is 13.2 Å². The van der Waals surface area contributed by atoms with Crippen LogP contribution in [0, 0.1) is 5.41 Å². The van der Waals surface area contributed by atoms with Crippen molar-refractivity contribution in [2.24, 2.45) is 5.41 Å². The largest absolute Gasteiger partial charge is 0.396 e. The van der Waals surface area contributed by atoms with Gasteiger partial charge >= 0.3 is 0 Å². The molecule has 3 heteroatoms. The van der Waals surface area contributed by atoms with E-state index in [-0.39, 0.29) is 12.0 Å². The third-order valence-corrected chi connectivity index (χ3v) is 2.56. The van der Waals surface area contributed by atoms with Gasteiger partial charge in [-0.25, -0.2) is 0 Å². The van der Waals surface area contributed by atoms with Gasteiger partial charge in [-0.05, 0) is 6.92 Å². The van der Waals surface area contributed by atoms with E-state index < -0.39 is 0 Å². The Labute approximate surface area is 80.7 Å². The molecule has 13 heavy (non-hydrogen) atoms. The van der Waals surface area contributed by atoms with E-state index >= 15 is 0 Å². The maximum Gasteiger partial charge on any atom is 0.0619 e. The Balaban J connectivity index is 2.42. The van der Waals surface area contributed by atoms with E-state index in [1.165, 1.54) is 0 Å². The summed E-state index contributed by atoms with van der Waals surface area (Å²) in [6.45, 7) is 10.2. The molecule has 0 aliphatic carbocycles. The summed E-state index contributed by atoms with van der Waals surface area (Å²) in [5.41, 5.74) is 0.00556. The van der Waals surface area contributed by atoms with Crippen LogP contribution in [0.15, 0.2) is 0 Å². The van der Waals surface area contributed by atoms with E-state index in [9.17, 15) is 0 Å². The Bertz CT molecular complexity index is 159. The Morgan fingerprint density at radius 2 is 2.23 bits per heavy atom. The van der Waals surface area contributed by atoms with Gasteiger partial charge in [0.2, 0.25) is 0 Å². The van der Waals surface area contributed by atoms with Crippen LogP contribution in [0.25, 0.3) is 0 Å². The number of hydrogen-bond acceptors (Lipinski definition) is 3. The molecule has 1 atom stereocenters. The molecule has 0 aromatic heterocycles. The molecule has 1 N–H and O–H groups in total. The minimum absolute atomic E-state index is 0.00556. The minimum atomic E-state index is 0.00556. The fourth-order valence-electron chi connectivity index (χ4n) is 1.60. The summed E-state index contributed by atoms with van der Waals surface area (Å²) in [6, 6.07) is 0.486. The number of nitrogens with zero attached hydrogens (tertiary/aromatic N) is 1. The van der Waals surface area contributed by atoms with Crippen molar-refractivity contribution in [1.29, 1.82) is 0 Å². The van der Waals surface area contributed by atoms with Crippen LogP contribution < -0.4 is 0 Å². The molecule has 78 valence electrons. The highest BCUT2D eigenvalue weighted by Crippen LogP contribution is 2.18. The molecular formula is C10H21NO2. The number of aliphatic hydroxyl groups excluding tert-OH is 1. The van der Waals surface area contributed by atoms with Gasteiger partial charge in [0.25, 0.3) is 0 Å². The standard InChI is InChI=1S/C10H21NO2/c1-9-6-13-5-4-11(9)7-10(2,3)8-12/h9,12H,4-8H2,1-3H3. The van der Waals surface area contributed by atoms with Crippen LogP contribution in [-0.4, -0.2) is 49.0 Å². The first-order chi connectivity index (χ1) is 6.05. The Morgan fingerprint density at radius 1 is 1.54 bits per heavy atom. The molecule has 1 rings (SSSR count). The second-order valence-electron chi connectivity index (χ2n) is 4.72. The second-order valence-corrected chi connectivity index (χ2v) is 4.72. The second kappa shape index (κ2) is 4.40. The van der Waals surface area contributed by atoms with Crippen molar-refractivity contribution in [3.05, 3.63) is 0 Å².